The quantitative estimate of drug-likeness (QED) is 0.193. The van der Waals surface area contributed by atoms with Crippen molar-refractivity contribution in [1.29, 1.82) is 0 Å². The van der Waals surface area contributed by atoms with Gasteiger partial charge in [0.15, 0.2) is 12.5 Å². The number of carbonyl (C=O) groups is 3. The number of amides is 1. The van der Waals surface area contributed by atoms with Gasteiger partial charge in [0.05, 0.1) is 12.5 Å². The van der Waals surface area contributed by atoms with Crippen molar-refractivity contribution in [3.63, 3.8) is 0 Å². The highest BCUT2D eigenvalue weighted by Crippen LogP contribution is 2.23. The topological polar surface area (TPSA) is 118 Å². The van der Waals surface area contributed by atoms with Gasteiger partial charge in [0.1, 0.15) is 5.37 Å². The van der Waals surface area contributed by atoms with Crippen LogP contribution in [0.4, 0.5) is 4.39 Å². The lowest BCUT2D eigenvalue weighted by atomic mass is 9.93. The van der Waals surface area contributed by atoms with Gasteiger partial charge in [-0.3, -0.25) is 19.2 Å². The van der Waals surface area contributed by atoms with Crippen LogP contribution >= 0.6 is 11.8 Å². The van der Waals surface area contributed by atoms with Crippen molar-refractivity contribution in [2.75, 3.05) is 12.4 Å². The first-order valence-electron chi connectivity index (χ1n) is 13.2. The van der Waals surface area contributed by atoms with Gasteiger partial charge in [-0.05, 0) is 36.6 Å². The van der Waals surface area contributed by atoms with E-state index in [2.05, 4.69) is 17.3 Å². The molecule has 2 rings (SSSR count). The molecule has 0 saturated heterocycles. The number of unbranched alkanes of at least 4 members (excludes halogenated alkanes) is 5. The van der Waals surface area contributed by atoms with Crippen LogP contribution in [0.15, 0.2) is 47.4 Å². The summed E-state index contributed by atoms with van der Waals surface area (Å²) in [4.78, 5) is 49.8. The Hall–Kier alpha value is -3.01. The molecule has 2 aromatic rings. The van der Waals surface area contributed by atoms with Crippen molar-refractivity contribution in [3.05, 3.63) is 64.1 Å². The number of nitrogens with one attached hydrogen (secondary N) is 1. The van der Waals surface area contributed by atoms with Gasteiger partial charge in [0.25, 0.3) is 5.56 Å². The van der Waals surface area contributed by atoms with Gasteiger partial charge in [-0.2, -0.15) is 5.10 Å². The van der Waals surface area contributed by atoms with E-state index in [0.717, 1.165) is 49.4 Å². The van der Waals surface area contributed by atoms with Crippen molar-refractivity contribution >= 4 is 29.4 Å². The van der Waals surface area contributed by atoms with Gasteiger partial charge in [-0.1, -0.05) is 69.4 Å². The summed E-state index contributed by atoms with van der Waals surface area (Å²) in [7, 11) is 0. The van der Waals surface area contributed by atoms with E-state index in [1.54, 1.807) is 6.07 Å². The first kappa shape index (κ1) is 31.2. The zero-order valence-electron chi connectivity index (χ0n) is 21.9. The summed E-state index contributed by atoms with van der Waals surface area (Å²) in [6.45, 7) is 1.14. The van der Waals surface area contributed by atoms with Crippen LogP contribution in [0.5, 0.6) is 0 Å². The number of nitrogens with zero attached hydrogens (tertiary/aromatic N) is 2. The van der Waals surface area contributed by atoms with E-state index in [0.29, 0.717) is 30.6 Å². The lowest BCUT2D eigenvalue weighted by molar-refractivity contribution is -0.137. The molecule has 1 heterocycles. The van der Waals surface area contributed by atoms with Gasteiger partial charge in [0.2, 0.25) is 5.91 Å². The van der Waals surface area contributed by atoms with E-state index in [4.69, 9.17) is 5.11 Å². The van der Waals surface area contributed by atoms with Crippen LogP contribution < -0.4 is 10.9 Å². The van der Waals surface area contributed by atoms with Gasteiger partial charge in [-0.25, -0.2) is 9.07 Å². The molecule has 0 bridgehead atoms. The van der Waals surface area contributed by atoms with Gasteiger partial charge in [0, 0.05) is 18.2 Å². The molecule has 0 aliphatic heterocycles. The molecule has 2 unspecified atom stereocenters. The Morgan fingerprint density at radius 1 is 1.05 bits per heavy atom. The number of aliphatic carboxylic acids is 1. The number of carboxylic acid groups (broad SMARTS) is 1. The minimum absolute atomic E-state index is 0.00600. The molecular formula is C28H38FN3O5S. The third kappa shape index (κ3) is 10.8. The maximum absolute atomic E-state index is 13.4. The SMILES string of the molecule is CCCCCCCC(C(=O)NC(SCCCCC(=O)O)C(=O)CF)c1ccnn(Cc2ccccc2)c1=O. The summed E-state index contributed by atoms with van der Waals surface area (Å²) in [5.41, 5.74) is 0.814. The third-order valence-corrected chi connectivity index (χ3v) is 7.41. The molecule has 1 aromatic heterocycles. The maximum atomic E-state index is 13.4. The Balaban J connectivity index is 2.21. The van der Waals surface area contributed by atoms with E-state index in [-0.39, 0.29) is 18.5 Å². The number of carbonyl (C=O) groups excluding carboxylic acids is 2. The molecule has 0 aliphatic carbocycles. The summed E-state index contributed by atoms with van der Waals surface area (Å²) in [6, 6.07) is 11.0. The number of rotatable bonds is 19. The summed E-state index contributed by atoms with van der Waals surface area (Å²) in [5, 5.41) is 14.5. The lowest BCUT2D eigenvalue weighted by Crippen LogP contribution is -2.43. The molecule has 2 atom stereocenters. The average molecular weight is 548 g/mol. The van der Waals surface area contributed by atoms with Crippen LogP contribution in [0.25, 0.3) is 0 Å². The van der Waals surface area contributed by atoms with E-state index in [9.17, 15) is 23.6 Å². The Morgan fingerprint density at radius 3 is 2.47 bits per heavy atom. The van der Waals surface area contributed by atoms with Crippen molar-refractivity contribution in [1.82, 2.24) is 15.1 Å². The van der Waals surface area contributed by atoms with Crippen LogP contribution in [0.1, 0.15) is 81.8 Å². The molecular weight excluding hydrogens is 509 g/mol. The normalized spacial score (nSPS) is 12.6. The molecule has 38 heavy (non-hydrogen) atoms. The second-order valence-electron chi connectivity index (χ2n) is 9.20. The molecule has 0 radical (unpaired) electrons. The predicted octanol–water partition coefficient (Wildman–Crippen LogP) is 4.70. The highest BCUT2D eigenvalue weighted by Gasteiger charge is 2.28. The van der Waals surface area contributed by atoms with E-state index >= 15 is 0 Å². The second-order valence-corrected chi connectivity index (χ2v) is 10.4. The van der Waals surface area contributed by atoms with Crippen molar-refractivity contribution in [2.45, 2.75) is 82.5 Å². The summed E-state index contributed by atoms with van der Waals surface area (Å²) in [5.74, 6) is -2.59. The number of benzene rings is 1. The van der Waals surface area contributed by atoms with Crippen molar-refractivity contribution < 1.29 is 23.9 Å². The molecule has 208 valence electrons. The minimum Gasteiger partial charge on any atom is -0.481 e. The smallest absolute Gasteiger partial charge is 0.303 e. The van der Waals surface area contributed by atoms with Crippen LogP contribution in [-0.4, -0.2) is 50.3 Å². The number of thioether (sulfide) groups is 1. The number of hydrogen-bond donors (Lipinski definition) is 2. The Morgan fingerprint density at radius 2 is 1.79 bits per heavy atom. The first-order valence-corrected chi connectivity index (χ1v) is 14.2. The average Bonchev–Trinajstić information content (AvgIpc) is 2.91. The Bertz CT molecular complexity index is 1080. The minimum atomic E-state index is -1.23. The first-order chi connectivity index (χ1) is 18.4. The number of halogens is 1. The Kier molecular flexibility index (Phi) is 14.4. The molecule has 0 aliphatic rings. The van der Waals surface area contributed by atoms with E-state index in [1.165, 1.54) is 10.9 Å². The fraction of sp³-hybridized carbons (Fsp3) is 0.536. The monoisotopic (exact) mass is 547 g/mol. The second kappa shape index (κ2) is 17.5. The van der Waals surface area contributed by atoms with Gasteiger partial charge in [-0.15, -0.1) is 11.8 Å². The van der Waals surface area contributed by atoms with Crippen LogP contribution in [0, 0.1) is 0 Å². The number of ketones is 1. The fourth-order valence-corrected chi connectivity index (χ4v) is 5.13. The summed E-state index contributed by atoms with van der Waals surface area (Å²) in [6.07, 6.45) is 7.67. The van der Waals surface area contributed by atoms with Crippen molar-refractivity contribution in [2.24, 2.45) is 0 Å². The predicted molar refractivity (Wildman–Crippen MR) is 147 cm³/mol. The molecule has 1 aromatic carbocycles. The summed E-state index contributed by atoms with van der Waals surface area (Å²) < 4.78 is 14.6. The fourth-order valence-electron chi connectivity index (χ4n) is 4.08. The van der Waals surface area contributed by atoms with E-state index in [1.807, 2.05) is 30.3 Å². The number of hydrogen-bond acceptors (Lipinski definition) is 6. The number of carboxylic acids is 1. The molecule has 0 saturated carbocycles. The molecule has 0 fully saturated rings. The molecule has 8 nitrogen and oxygen atoms in total. The van der Waals surface area contributed by atoms with Crippen molar-refractivity contribution in [3.8, 4) is 0 Å². The van der Waals surface area contributed by atoms with Gasteiger partial charge < -0.3 is 10.4 Å². The van der Waals surface area contributed by atoms with Crippen LogP contribution in [0.3, 0.4) is 0 Å². The molecule has 2 N–H and O–H groups in total. The largest absolute Gasteiger partial charge is 0.481 e. The number of Topliss-reactive ketones (excluding diaryl/α,β-unsaturated/α-hetero) is 1. The molecule has 1 amide bonds. The lowest BCUT2D eigenvalue weighted by Gasteiger charge is -2.22. The van der Waals surface area contributed by atoms with Gasteiger partial charge >= 0.3 is 5.97 Å². The van der Waals surface area contributed by atoms with E-state index < -0.39 is 35.6 Å². The number of alkyl halides is 1. The zero-order chi connectivity index (χ0) is 27.8. The van der Waals surface area contributed by atoms with Crippen LogP contribution in [0.2, 0.25) is 0 Å². The standard InChI is InChI=1S/C28H38FN3O5S/c1-2-3-4-5-9-14-22(23-16-17-30-32(28(23)37)20-21-12-7-6-8-13-21)26(36)31-27(24(33)19-29)38-18-11-10-15-25(34)35/h6-8,12-13,16-17,22,27H,2-5,9-11,14-15,18-20H2,1H3,(H,31,36)(H,34,35). The maximum Gasteiger partial charge on any atom is 0.303 e. The highest BCUT2D eigenvalue weighted by atomic mass is 32.2. The summed E-state index contributed by atoms with van der Waals surface area (Å²) >= 11 is 1.08. The number of aromatic nitrogens is 2. The third-order valence-electron chi connectivity index (χ3n) is 6.17. The Labute approximate surface area is 227 Å². The highest BCUT2D eigenvalue weighted by molar-refractivity contribution is 8.00. The van der Waals surface area contributed by atoms with Crippen LogP contribution in [-0.2, 0) is 20.9 Å². The molecule has 0 spiro atoms. The zero-order valence-corrected chi connectivity index (χ0v) is 22.8. The molecule has 10 heteroatoms.